The van der Waals surface area contributed by atoms with E-state index in [2.05, 4.69) is 0 Å². The molecule has 0 bridgehead atoms. The predicted molar refractivity (Wildman–Crippen MR) is 85.1 cm³/mol. The number of carbonyl (C=O) groups is 1. The summed E-state index contributed by atoms with van der Waals surface area (Å²) in [5.41, 5.74) is -0.394. The first-order chi connectivity index (χ1) is 11.2. The molecule has 124 valence electrons. The minimum Gasteiger partial charge on any atom is -0.478 e. The van der Waals surface area contributed by atoms with E-state index in [0.717, 1.165) is 4.31 Å². The highest BCUT2D eigenvalue weighted by Gasteiger charge is 2.27. The SMILES string of the molecule is CN(c1cccc(C#N)c1)S(=O)(=O)c1cc(C(=O)O)c(F)cc1Cl. The molecule has 0 atom stereocenters. The van der Waals surface area contributed by atoms with Crippen molar-refractivity contribution in [1.82, 2.24) is 0 Å². The van der Waals surface area contributed by atoms with Crippen LogP contribution < -0.4 is 4.31 Å². The quantitative estimate of drug-likeness (QED) is 0.894. The van der Waals surface area contributed by atoms with Gasteiger partial charge in [-0.2, -0.15) is 5.26 Å². The van der Waals surface area contributed by atoms with Gasteiger partial charge in [-0.1, -0.05) is 17.7 Å². The summed E-state index contributed by atoms with van der Waals surface area (Å²) in [6, 6.07) is 8.97. The zero-order valence-corrected chi connectivity index (χ0v) is 13.8. The number of rotatable bonds is 4. The fourth-order valence-corrected chi connectivity index (χ4v) is 3.65. The highest BCUT2D eigenvalue weighted by Crippen LogP contribution is 2.30. The summed E-state index contributed by atoms with van der Waals surface area (Å²) in [4.78, 5) is 10.5. The molecule has 0 aliphatic carbocycles. The van der Waals surface area contributed by atoms with Crippen LogP contribution in [0.4, 0.5) is 10.1 Å². The second-order valence-electron chi connectivity index (χ2n) is 4.70. The first-order valence-electron chi connectivity index (χ1n) is 6.40. The molecule has 0 heterocycles. The van der Waals surface area contributed by atoms with Crippen LogP contribution in [-0.4, -0.2) is 26.5 Å². The number of carboxylic acid groups (broad SMARTS) is 1. The minimum absolute atomic E-state index is 0.173. The molecule has 0 fully saturated rings. The van der Waals surface area contributed by atoms with Gasteiger partial charge in [-0.3, -0.25) is 4.31 Å². The van der Waals surface area contributed by atoms with E-state index in [0.29, 0.717) is 12.1 Å². The van der Waals surface area contributed by atoms with Crippen molar-refractivity contribution < 1.29 is 22.7 Å². The fourth-order valence-electron chi connectivity index (χ4n) is 1.95. The highest BCUT2D eigenvalue weighted by molar-refractivity contribution is 7.93. The number of hydrogen-bond acceptors (Lipinski definition) is 4. The van der Waals surface area contributed by atoms with Crippen molar-refractivity contribution in [2.45, 2.75) is 4.90 Å². The molecule has 2 aromatic rings. The van der Waals surface area contributed by atoms with Crippen molar-refractivity contribution in [1.29, 1.82) is 5.26 Å². The smallest absolute Gasteiger partial charge is 0.338 e. The van der Waals surface area contributed by atoms with Gasteiger partial charge in [-0.05, 0) is 30.3 Å². The first-order valence-corrected chi connectivity index (χ1v) is 8.21. The number of hydrogen-bond donors (Lipinski definition) is 1. The van der Waals surface area contributed by atoms with E-state index in [1.807, 2.05) is 6.07 Å². The maximum atomic E-state index is 13.6. The molecule has 0 saturated carbocycles. The molecule has 0 unspecified atom stereocenters. The summed E-state index contributed by atoms with van der Waals surface area (Å²) in [6.07, 6.45) is 0. The molecule has 2 aromatic carbocycles. The van der Waals surface area contributed by atoms with E-state index in [4.69, 9.17) is 22.0 Å². The van der Waals surface area contributed by atoms with Gasteiger partial charge in [0, 0.05) is 7.05 Å². The molecule has 0 aromatic heterocycles. The van der Waals surface area contributed by atoms with Gasteiger partial charge in [-0.15, -0.1) is 0 Å². The Balaban J connectivity index is 2.60. The monoisotopic (exact) mass is 368 g/mol. The van der Waals surface area contributed by atoms with Crippen molar-refractivity contribution in [2.24, 2.45) is 0 Å². The van der Waals surface area contributed by atoms with E-state index in [9.17, 15) is 17.6 Å². The number of aromatic carboxylic acids is 1. The first kappa shape index (κ1) is 17.7. The molecule has 0 aliphatic rings. The predicted octanol–water partition coefficient (Wildman–Crippen LogP) is 2.87. The van der Waals surface area contributed by atoms with Gasteiger partial charge >= 0.3 is 5.97 Å². The summed E-state index contributed by atoms with van der Waals surface area (Å²) >= 11 is 5.79. The normalized spacial score (nSPS) is 10.9. The van der Waals surface area contributed by atoms with Gasteiger partial charge in [0.05, 0.1) is 27.9 Å². The largest absolute Gasteiger partial charge is 0.478 e. The van der Waals surface area contributed by atoms with Gasteiger partial charge in [-0.25, -0.2) is 17.6 Å². The Bertz CT molecular complexity index is 970. The van der Waals surface area contributed by atoms with Crippen LogP contribution in [0.25, 0.3) is 0 Å². The number of benzene rings is 2. The second kappa shape index (κ2) is 6.47. The molecular formula is C15H10ClFN2O4S. The van der Waals surface area contributed by atoms with E-state index in [-0.39, 0.29) is 11.3 Å². The van der Waals surface area contributed by atoms with E-state index < -0.39 is 37.3 Å². The van der Waals surface area contributed by atoms with E-state index >= 15 is 0 Å². The van der Waals surface area contributed by atoms with Gasteiger partial charge in [0.25, 0.3) is 10.0 Å². The third-order valence-corrected chi connectivity index (χ3v) is 5.48. The molecule has 0 radical (unpaired) electrons. The minimum atomic E-state index is -4.26. The van der Waals surface area contributed by atoms with Crippen molar-refractivity contribution in [3.8, 4) is 6.07 Å². The molecule has 24 heavy (non-hydrogen) atoms. The number of anilines is 1. The summed E-state index contributed by atoms with van der Waals surface area (Å²) in [7, 11) is -3.04. The Morgan fingerprint density at radius 2 is 2.00 bits per heavy atom. The van der Waals surface area contributed by atoms with Gasteiger partial charge in [0.15, 0.2) is 0 Å². The van der Waals surface area contributed by atoms with E-state index in [1.165, 1.54) is 31.3 Å². The molecule has 9 heteroatoms. The lowest BCUT2D eigenvalue weighted by atomic mass is 10.2. The summed E-state index contributed by atoms with van der Waals surface area (Å²) in [5, 5.41) is 17.4. The molecule has 0 saturated heterocycles. The molecule has 0 aliphatic heterocycles. The van der Waals surface area contributed by atoms with Gasteiger partial charge < -0.3 is 5.11 Å². The zero-order valence-electron chi connectivity index (χ0n) is 12.2. The Kier molecular flexibility index (Phi) is 4.78. The van der Waals surface area contributed by atoms with Crippen molar-refractivity contribution >= 4 is 33.3 Å². The number of carboxylic acids is 1. The number of halogens is 2. The topological polar surface area (TPSA) is 98.5 Å². The average molecular weight is 369 g/mol. The van der Waals surface area contributed by atoms with Crippen LogP contribution in [0.3, 0.4) is 0 Å². The third-order valence-electron chi connectivity index (χ3n) is 3.23. The Morgan fingerprint density at radius 1 is 1.33 bits per heavy atom. The Hall–Kier alpha value is -2.63. The molecular weight excluding hydrogens is 359 g/mol. The van der Waals surface area contributed by atoms with Crippen LogP contribution in [0.15, 0.2) is 41.3 Å². The summed E-state index contributed by atoms with van der Waals surface area (Å²) in [6.45, 7) is 0. The van der Waals surface area contributed by atoms with Crippen LogP contribution in [0.5, 0.6) is 0 Å². The molecule has 1 N–H and O–H groups in total. The molecule has 6 nitrogen and oxygen atoms in total. The zero-order chi connectivity index (χ0) is 18.1. The number of nitriles is 1. The van der Waals surface area contributed by atoms with Crippen molar-refractivity contribution in [3.05, 3.63) is 58.4 Å². The summed E-state index contributed by atoms with van der Waals surface area (Å²) in [5.74, 6) is -2.75. The van der Waals surface area contributed by atoms with Crippen LogP contribution in [-0.2, 0) is 10.0 Å². The highest BCUT2D eigenvalue weighted by atomic mass is 35.5. The third kappa shape index (κ3) is 3.18. The molecule has 0 amide bonds. The molecule has 2 rings (SSSR count). The van der Waals surface area contributed by atoms with Gasteiger partial charge in [0.2, 0.25) is 0 Å². The maximum Gasteiger partial charge on any atom is 0.338 e. The number of nitrogens with zero attached hydrogens (tertiary/aromatic N) is 2. The lowest BCUT2D eigenvalue weighted by Crippen LogP contribution is -2.27. The van der Waals surface area contributed by atoms with E-state index in [1.54, 1.807) is 0 Å². The second-order valence-corrected chi connectivity index (χ2v) is 7.05. The van der Waals surface area contributed by atoms with Crippen LogP contribution in [0.1, 0.15) is 15.9 Å². The van der Waals surface area contributed by atoms with Crippen LogP contribution in [0.2, 0.25) is 5.02 Å². The van der Waals surface area contributed by atoms with Crippen LogP contribution in [0, 0.1) is 17.1 Å². The average Bonchev–Trinajstić information content (AvgIpc) is 2.53. The number of sulfonamides is 1. The Morgan fingerprint density at radius 3 is 2.58 bits per heavy atom. The lowest BCUT2D eigenvalue weighted by molar-refractivity contribution is 0.0691. The fraction of sp³-hybridized carbons (Fsp3) is 0.0667. The lowest BCUT2D eigenvalue weighted by Gasteiger charge is -2.20. The van der Waals surface area contributed by atoms with Crippen molar-refractivity contribution in [2.75, 3.05) is 11.4 Å². The van der Waals surface area contributed by atoms with Gasteiger partial charge in [0.1, 0.15) is 10.7 Å². The Labute approximate surface area is 142 Å². The van der Waals surface area contributed by atoms with Crippen molar-refractivity contribution in [3.63, 3.8) is 0 Å². The van der Waals surface area contributed by atoms with Crippen LogP contribution >= 0.6 is 11.6 Å². The summed E-state index contributed by atoms with van der Waals surface area (Å²) < 4.78 is 39.8. The maximum absolute atomic E-state index is 13.6. The standard InChI is InChI=1S/C15H10ClFN2O4S/c1-19(10-4-2-3-9(5-10)8-18)24(22,23)14-6-11(15(20)21)13(17)7-12(14)16/h2-7H,1H3,(H,20,21). The molecule has 0 spiro atoms.